The molecule has 0 spiro atoms. The van der Waals surface area contributed by atoms with Gasteiger partial charge < -0.3 is 19.3 Å². The van der Waals surface area contributed by atoms with Gasteiger partial charge in [0.15, 0.2) is 11.6 Å². The summed E-state index contributed by atoms with van der Waals surface area (Å²) in [5, 5.41) is 7.16. The Hall–Kier alpha value is -1.71. The fourth-order valence-corrected chi connectivity index (χ4v) is 2.87. The molecule has 9 heteroatoms. The van der Waals surface area contributed by atoms with Crippen LogP contribution in [-0.4, -0.2) is 46.7 Å². The van der Waals surface area contributed by atoms with Gasteiger partial charge in [-0.25, -0.2) is 9.97 Å². The zero-order valence-electron chi connectivity index (χ0n) is 13.8. The van der Waals surface area contributed by atoms with Crippen molar-refractivity contribution in [3.8, 4) is 0 Å². The fourth-order valence-electron chi connectivity index (χ4n) is 2.49. The van der Waals surface area contributed by atoms with Crippen molar-refractivity contribution in [2.45, 2.75) is 31.2 Å². The van der Waals surface area contributed by atoms with Crippen molar-refractivity contribution in [2.75, 3.05) is 31.9 Å². The number of thioether (sulfide) groups is 1. The third kappa shape index (κ3) is 4.43. The van der Waals surface area contributed by atoms with E-state index in [2.05, 4.69) is 25.4 Å². The number of nitrogens with zero attached hydrogens (tertiary/aromatic N) is 4. The second-order valence-corrected chi connectivity index (χ2v) is 6.34. The van der Waals surface area contributed by atoms with E-state index in [0.29, 0.717) is 43.2 Å². The average molecular weight is 351 g/mol. The number of methoxy groups -OCH3 is 1. The molecule has 0 aliphatic carbocycles. The number of hydrogen-bond donors (Lipinski definition) is 1. The predicted octanol–water partition coefficient (Wildman–Crippen LogP) is 1.98. The standard InChI is InChI=1S/C15H21N5O3S/c1-21-8-13-17-11(10-3-4-22-7-10)5-12(18-13)16-6-15-19-14(9-24-2)20-23-15/h5,10H,3-4,6-9H2,1-2H3,(H,16,17,18)/t10-/m1/s1. The first-order chi connectivity index (χ1) is 11.8. The zero-order valence-corrected chi connectivity index (χ0v) is 14.6. The maximum atomic E-state index is 5.46. The summed E-state index contributed by atoms with van der Waals surface area (Å²) in [6.45, 7) is 2.27. The van der Waals surface area contributed by atoms with Crippen LogP contribution in [0.4, 0.5) is 5.82 Å². The van der Waals surface area contributed by atoms with Gasteiger partial charge in [-0.05, 0) is 12.7 Å². The molecule has 1 aliphatic rings. The maximum absolute atomic E-state index is 5.46. The highest BCUT2D eigenvalue weighted by Gasteiger charge is 2.21. The molecule has 3 heterocycles. The fraction of sp³-hybridized carbons (Fsp3) is 0.600. The summed E-state index contributed by atoms with van der Waals surface area (Å²) in [5.74, 6) is 3.66. The van der Waals surface area contributed by atoms with Crippen LogP contribution in [0.3, 0.4) is 0 Å². The Morgan fingerprint density at radius 3 is 3.00 bits per heavy atom. The van der Waals surface area contributed by atoms with E-state index in [9.17, 15) is 0 Å². The lowest BCUT2D eigenvalue weighted by Gasteiger charge is -2.12. The summed E-state index contributed by atoms with van der Waals surface area (Å²) in [6, 6.07) is 1.96. The van der Waals surface area contributed by atoms with E-state index in [1.807, 2.05) is 12.3 Å². The Balaban J connectivity index is 1.70. The molecule has 1 fully saturated rings. The van der Waals surface area contributed by atoms with E-state index >= 15 is 0 Å². The van der Waals surface area contributed by atoms with Gasteiger partial charge in [-0.2, -0.15) is 16.7 Å². The van der Waals surface area contributed by atoms with Crippen LogP contribution in [0.25, 0.3) is 0 Å². The lowest BCUT2D eigenvalue weighted by molar-refractivity contribution is 0.177. The second kappa shape index (κ2) is 8.41. The number of nitrogens with one attached hydrogen (secondary N) is 1. The third-order valence-corrected chi connectivity index (χ3v) is 4.16. The minimum absolute atomic E-state index is 0.306. The van der Waals surface area contributed by atoms with Gasteiger partial charge in [0.25, 0.3) is 0 Å². The molecule has 0 aromatic carbocycles. The molecular weight excluding hydrogens is 330 g/mol. The molecular formula is C15H21N5O3S. The largest absolute Gasteiger partial charge is 0.381 e. The molecule has 130 valence electrons. The first-order valence-electron chi connectivity index (χ1n) is 7.77. The quantitative estimate of drug-likeness (QED) is 0.766. The van der Waals surface area contributed by atoms with Gasteiger partial charge in [0.2, 0.25) is 5.89 Å². The molecule has 1 N–H and O–H groups in total. The molecule has 3 rings (SSSR count). The smallest absolute Gasteiger partial charge is 0.246 e. The zero-order chi connectivity index (χ0) is 16.8. The van der Waals surface area contributed by atoms with Crippen molar-refractivity contribution in [2.24, 2.45) is 0 Å². The number of ether oxygens (including phenoxy) is 2. The lowest BCUT2D eigenvalue weighted by atomic mass is 10.0. The summed E-state index contributed by atoms with van der Waals surface area (Å²) in [5.41, 5.74) is 0.977. The topological polar surface area (TPSA) is 95.2 Å². The molecule has 1 atom stereocenters. The Morgan fingerprint density at radius 1 is 1.33 bits per heavy atom. The number of rotatable bonds is 8. The number of aromatic nitrogens is 4. The van der Waals surface area contributed by atoms with Crippen LogP contribution < -0.4 is 5.32 Å². The summed E-state index contributed by atoms with van der Waals surface area (Å²) >= 11 is 1.65. The molecule has 0 bridgehead atoms. The Kier molecular flexibility index (Phi) is 6.00. The van der Waals surface area contributed by atoms with Crippen LogP contribution in [0, 0.1) is 0 Å². The van der Waals surface area contributed by atoms with E-state index in [-0.39, 0.29) is 0 Å². The molecule has 2 aromatic heterocycles. The van der Waals surface area contributed by atoms with Gasteiger partial charge in [0.1, 0.15) is 12.4 Å². The van der Waals surface area contributed by atoms with Gasteiger partial charge in [-0.1, -0.05) is 5.16 Å². The van der Waals surface area contributed by atoms with Crippen LogP contribution in [0.5, 0.6) is 0 Å². The Labute approximate surface area is 144 Å². The van der Waals surface area contributed by atoms with Crippen molar-refractivity contribution >= 4 is 17.6 Å². The van der Waals surface area contributed by atoms with Crippen molar-refractivity contribution in [3.63, 3.8) is 0 Å². The van der Waals surface area contributed by atoms with Gasteiger partial charge in [-0.15, -0.1) is 0 Å². The van der Waals surface area contributed by atoms with E-state index < -0.39 is 0 Å². The van der Waals surface area contributed by atoms with Gasteiger partial charge in [0.05, 0.1) is 24.6 Å². The van der Waals surface area contributed by atoms with Crippen molar-refractivity contribution in [1.82, 2.24) is 20.1 Å². The second-order valence-electron chi connectivity index (χ2n) is 5.48. The summed E-state index contributed by atoms with van der Waals surface area (Å²) in [4.78, 5) is 13.4. The molecule has 0 radical (unpaired) electrons. The summed E-state index contributed by atoms with van der Waals surface area (Å²) < 4.78 is 15.8. The van der Waals surface area contributed by atoms with Gasteiger partial charge in [0, 0.05) is 25.7 Å². The molecule has 1 saturated heterocycles. The van der Waals surface area contributed by atoms with E-state index in [0.717, 1.165) is 30.3 Å². The van der Waals surface area contributed by atoms with Crippen LogP contribution in [0.15, 0.2) is 10.6 Å². The highest BCUT2D eigenvalue weighted by atomic mass is 32.2. The molecule has 1 aliphatic heterocycles. The van der Waals surface area contributed by atoms with E-state index in [1.165, 1.54) is 0 Å². The highest BCUT2D eigenvalue weighted by Crippen LogP contribution is 2.25. The molecule has 0 saturated carbocycles. The average Bonchev–Trinajstić information content (AvgIpc) is 3.25. The predicted molar refractivity (Wildman–Crippen MR) is 89.8 cm³/mol. The van der Waals surface area contributed by atoms with Crippen molar-refractivity contribution in [1.29, 1.82) is 0 Å². The summed E-state index contributed by atoms with van der Waals surface area (Å²) in [6.07, 6.45) is 2.98. The first-order valence-corrected chi connectivity index (χ1v) is 9.16. The minimum atomic E-state index is 0.306. The molecule has 8 nitrogen and oxygen atoms in total. The molecule has 24 heavy (non-hydrogen) atoms. The minimum Gasteiger partial charge on any atom is -0.381 e. The van der Waals surface area contributed by atoms with Crippen LogP contribution in [0.1, 0.15) is 35.6 Å². The number of anilines is 1. The lowest BCUT2D eigenvalue weighted by Crippen LogP contribution is -2.10. The highest BCUT2D eigenvalue weighted by molar-refractivity contribution is 7.97. The Morgan fingerprint density at radius 2 is 2.25 bits per heavy atom. The van der Waals surface area contributed by atoms with Gasteiger partial charge in [-0.3, -0.25) is 0 Å². The third-order valence-electron chi connectivity index (χ3n) is 3.62. The Bertz CT molecular complexity index is 660. The van der Waals surface area contributed by atoms with Gasteiger partial charge >= 0.3 is 0 Å². The first kappa shape index (κ1) is 17.1. The van der Waals surface area contributed by atoms with Crippen molar-refractivity contribution in [3.05, 3.63) is 29.3 Å². The SMILES string of the molecule is COCc1nc(NCc2nc(CSC)no2)cc([C@@H]2CCOC2)n1. The van der Waals surface area contributed by atoms with Crippen LogP contribution in [0.2, 0.25) is 0 Å². The summed E-state index contributed by atoms with van der Waals surface area (Å²) in [7, 11) is 1.63. The van der Waals surface area contributed by atoms with E-state index in [1.54, 1.807) is 18.9 Å². The number of hydrogen-bond acceptors (Lipinski definition) is 9. The monoisotopic (exact) mass is 351 g/mol. The maximum Gasteiger partial charge on any atom is 0.246 e. The van der Waals surface area contributed by atoms with Crippen LogP contribution >= 0.6 is 11.8 Å². The van der Waals surface area contributed by atoms with E-state index in [4.69, 9.17) is 14.0 Å². The molecule has 0 amide bonds. The normalized spacial score (nSPS) is 17.3. The molecule has 2 aromatic rings. The van der Waals surface area contributed by atoms with Crippen LogP contribution in [-0.2, 0) is 28.4 Å². The molecule has 0 unspecified atom stereocenters. The van der Waals surface area contributed by atoms with Crippen molar-refractivity contribution < 1.29 is 14.0 Å².